The van der Waals surface area contributed by atoms with Gasteiger partial charge in [0.05, 0.1) is 0 Å². The number of carbonyl (C=O) groups is 1. The number of piperidine rings is 1. The largest absolute Gasteiger partial charge is 0.356 e. The molecule has 6 nitrogen and oxygen atoms in total. The molecule has 0 aromatic heterocycles. The van der Waals surface area contributed by atoms with E-state index in [1.807, 2.05) is 24.3 Å². The van der Waals surface area contributed by atoms with Gasteiger partial charge in [0, 0.05) is 45.3 Å². The zero-order chi connectivity index (χ0) is 19.5. The van der Waals surface area contributed by atoms with Gasteiger partial charge in [0.15, 0.2) is 5.96 Å². The van der Waals surface area contributed by atoms with Crippen molar-refractivity contribution in [3.05, 3.63) is 35.4 Å². The highest BCUT2D eigenvalue weighted by molar-refractivity contribution is 5.94. The average molecular weight is 374 g/mol. The molecule has 1 fully saturated rings. The van der Waals surface area contributed by atoms with Gasteiger partial charge in [-0.3, -0.25) is 9.79 Å². The molecule has 3 N–H and O–H groups in total. The molecule has 1 saturated heterocycles. The Kier molecular flexibility index (Phi) is 9.11. The molecule has 2 rings (SSSR count). The van der Waals surface area contributed by atoms with Gasteiger partial charge < -0.3 is 20.9 Å². The SMILES string of the molecule is CN=C(NCCCN1CCCCC1C)NCCc1cccc(C(=O)NC)c1. The van der Waals surface area contributed by atoms with Crippen LogP contribution in [0.4, 0.5) is 0 Å². The normalized spacial score (nSPS) is 18.2. The minimum absolute atomic E-state index is 0.0506. The van der Waals surface area contributed by atoms with Crippen molar-refractivity contribution in [2.45, 2.75) is 45.1 Å². The van der Waals surface area contributed by atoms with Gasteiger partial charge >= 0.3 is 0 Å². The monoisotopic (exact) mass is 373 g/mol. The lowest BCUT2D eigenvalue weighted by atomic mass is 10.0. The minimum Gasteiger partial charge on any atom is -0.356 e. The Morgan fingerprint density at radius 3 is 2.81 bits per heavy atom. The maximum atomic E-state index is 11.7. The number of nitrogens with zero attached hydrogens (tertiary/aromatic N) is 2. The third-order valence-electron chi connectivity index (χ3n) is 5.20. The van der Waals surface area contributed by atoms with E-state index in [0.717, 1.165) is 50.0 Å². The first-order valence-electron chi connectivity index (χ1n) is 10.1. The molecule has 6 heteroatoms. The number of amides is 1. The van der Waals surface area contributed by atoms with Crippen LogP contribution >= 0.6 is 0 Å². The van der Waals surface area contributed by atoms with Crippen molar-refractivity contribution in [3.63, 3.8) is 0 Å². The smallest absolute Gasteiger partial charge is 0.251 e. The standard InChI is InChI=1S/C21H35N5O/c1-17-8-4-5-14-26(17)15-7-12-24-21(23-3)25-13-11-18-9-6-10-19(16-18)20(27)22-2/h6,9-10,16-17H,4-5,7-8,11-15H2,1-3H3,(H,22,27)(H2,23,24,25). The van der Waals surface area contributed by atoms with Crippen LogP contribution in [-0.4, -0.2) is 63.1 Å². The maximum absolute atomic E-state index is 11.7. The fraction of sp³-hybridized carbons (Fsp3) is 0.619. The number of hydrogen-bond donors (Lipinski definition) is 3. The van der Waals surface area contributed by atoms with Gasteiger partial charge in [-0.2, -0.15) is 0 Å². The number of nitrogens with one attached hydrogen (secondary N) is 3. The third kappa shape index (κ3) is 7.21. The highest BCUT2D eigenvalue weighted by Crippen LogP contribution is 2.16. The molecule has 1 aliphatic heterocycles. The zero-order valence-electron chi connectivity index (χ0n) is 17.1. The highest BCUT2D eigenvalue weighted by Gasteiger charge is 2.17. The topological polar surface area (TPSA) is 68.8 Å². The predicted octanol–water partition coefficient (Wildman–Crippen LogP) is 2.02. The molecular weight excluding hydrogens is 338 g/mol. The van der Waals surface area contributed by atoms with E-state index < -0.39 is 0 Å². The van der Waals surface area contributed by atoms with E-state index in [4.69, 9.17) is 0 Å². The molecule has 0 aliphatic carbocycles. The lowest BCUT2D eigenvalue weighted by Gasteiger charge is -2.33. The van der Waals surface area contributed by atoms with Crippen LogP contribution in [-0.2, 0) is 6.42 Å². The average Bonchev–Trinajstić information content (AvgIpc) is 2.70. The molecule has 0 saturated carbocycles. The molecule has 27 heavy (non-hydrogen) atoms. The lowest BCUT2D eigenvalue weighted by Crippen LogP contribution is -2.41. The third-order valence-corrected chi connectivity index (χ3v) is 5.20. The number of guanidine groups is 1. The molecule has 1 aliphatic rings. The summed E-state index contributed by atoms with van der Waals surface area (Å²) in [6.07, 6.45) is 6.01. The van der Waals surface area contributed by atoms with Crippen LogP contribution in [0.5, 0.6) is 0 Å². The summed E-state index contributed by atoms with van der Waals surface area (Å²) < 4.78 is 0. The van der Waals surface area contributed by atoms with Crippen LogP contribution in [0.1, 0.15) is 48.5 Å². The van der Waals surface area contributed by atoms with Crippen LogP contribution in [0.2, 0.25) is 0 Å². The summed E-state index contributed by atoms with van der Waals surface area (Å²) in [4.78, 5) is 18.6. The molecule has 1 unspecified atom stereocenters. The molecule has 1 aromatic rings. The second kappa shape index (κ2) is 11.6. The molecular formula is C21H35N5O. The maximum Gasteiger partial charge on any atom is 0.251 e. The number of benzene rings is 1. The van der Waals surface area contributed by atoms with Crippen molar-refractivity contribution in [2.24, 2.45) is 4.99 Å². The van der Waals surface area contributed by atoms with Crippen molar-refractivity contribution in [2.75, 3.05) is 40.3 Å². The van der Waals surface area contributed by atoms with E-state index in [-0.39, 0.29) is 5.91 Å². The van der Waals surface area contributed by atoms with Crippen LogP contribution < -0.4 is 16.0 Å². The highest BCUT2D eigenvalue weighted by atomic mass is 16.1. The Hall–Kier alpha value is -2.08. The molecule has 1 aromatic carbocycles. The molecule has 0 spiro atoms. The van der Waals surface area contributed by atoms with E-state index in [9.17, 15) is 4.79 Å². The van der Waals surface area contributed by atoms with E-state index in [2.05, 4.69) is 32.8 Å². The van der Waals surface area contributed by atoms with Crippen LogP contribution in [0.25, 0.3) is 0 Å². The molecule has 150 valence electrons. The Morgan fingerprint density at radius 2 is 2.07 bits per heavy atom. The number of rotatable bonds is 8. The van der Waals surface area contributed by atoms with Crippen molar-refractivity contribution < 1.29 is 4.79 Å². The zero-order valence-corrected chi connectivity index (χ0v) is 17.1. The van der Waals surface area contributed by atoms with Crippen molar-refractivity contribution in [1.29, 1.82) is 0 Å². The van der Waals surface area contributed by atoms with E-state index in [0.29, 0.717) is 5.56 Å². The van der Waals surface area contributed by atoms with E-state index >= 15 is 0 Å². The van der Waals surface area contributed by atoms with E-state index in [1.165, 1.54) is 25.8 Å². The van der Waals surface area contributed by atoms with Crippen LogP contribution in [0, 0.1) is 0 Å². The number of carbonyl (C=O) groups excluding carboxylic acids is 1. The summed E-state index contributed by atoms with van der Waals surface area (Å²) in [5, 5.41) is 9.41. The molecule has 0 radical (unpaired) electrons. The number of likely N-dealkylation sites (tertiary alicyclic amines) is 1. The Bertz CT molecular complexity index is 616. The van der Waals surface area contributed by atoms with Gasteiger partial charge in [0.1, 0.15) is 0 Å². The summed E-state index contributed by atoms with van der Waals surface area (Å²) in [6.45, 7) is 6.43. The van der Waals surface area contributed by atoms with Crippen LogP contribution in [0.3, 0.4) is 0 Å². The molecule has 1 amide bonds. The Morgan fingerprint density at radius 1 is 1.26 bits per heavy atom. The lowest BCUT2D eigenvalue weighted by molar-refractivity contribution is 0.0963. The summed E-state index contributed by atoms with van der Waals surface area (Å²) >= 11 is 0. The van der Waals surface area contributed by atoms with Crippen molar-refractivity contribution >= 4 is 11.9 Å². The second-order valence-corrected chi connectivity index (χ2v) is 7.19. The minimum atomic E-state index is -0.0506. The first kappa shape index (κ1) is 21.2. The van der Waals surface area contributed by atoms with Gasteiger partial charge in [0.25, 0.3) is 5.91 Å². The van der Waals surface area contributed by atoms with Gasteiger partial charge in [-0.15, -0.1) is 0 Å². The van der Waals surface area contributed by atoms with Gasteiger partial charge in [-0.1, -0.05) is 18.6 Å². The second-order valence-electron chi connectivity index (χ2n) is 7.19. The van der Waals surface area contributed by atoms with E-state index in [1.54, 1.807) is 14.1 Å². The molecule has 1 atom stereocenters. The van der Waals surface area contributed by atoms with Gasteiger partial charge in [-0.25, -0.2) is 0 Å². The molecule has 1 heterocycles. The predicted molar refractivity (Wildman–Crippen MR) is 112 cm³/mol. The summed E-state index contributed by atoms with van der Waals surface area (Å²) in [7, 11) is 3.45. The van der Waals surface area contributed by atoms with Crippen molar-refractivity contribution in [3.8, 4) is 0 Å². The van der Waals surface area contributed by atoms with Gasteiger partial charge in [0.2, 0.25) is 0 Å². The summed E-state index contributed by atoms with van der Waals surface area (Å²) in [5.41, 5.74) is 1.84. The number of aliphatic imine (C=N–C) groups is 1. The van der Waals surface area contributed by atoms with Crippen LogP contribution in [0.15, 0.2) is 29.3 Å². The summed E-state index contributed by atoms with van der Waals surface area (Å²) in [6, 6.07) is 8.47. The Balaban J connectivity index is 1.66. The van der Waals surface area contributed by atoms with Gasteiger partial charge in [-0.05, 0) is 56.8 Å². The first-order chi connectivity index (χ1) is 13.1. The Labute approximate surface area is 163 Å². The first-order valence-corrected chi connectivity index (χ1v) is 10.1. The quantitative estimate of drug-likeness (QED) is 0.370. The summed E-state index contributed by atoms with van der Waals surface area (Å²) in [5.74, 6) is 0.787. The number of hydrogen-bond acceptors (Lipinski definition) is 3. The molecule has 0 bridgehead atoms. The fourth-order valence-electron chi connectivity index (χ4n) is 3.54. The fourth-order valence-corrected chi connectivity index (χ4v) is 3.54. The van der Waals surface area contributed by atoms with Crippen molar-refractivity contribution in [1.82, 2.24) is 20.9 Å².